The number of rotatable bonds is 3. The van der Waals surface area contributed by atoms with Crippen LogP contribution in [0.2, 0.25) is 0 Å². The van der Waals surface area contributed by atoms with Gasteiger partial charge in [0.15, 0.2) is 5.12 Å². The highest BCUT2D eigenvalue weighted by Gasteiger charge is 2.29. The zero-order valence-electron chi connectivity index (χ0n) is 8.73. The Bertz CT molecular complexity index is 328. The second-order valence-corrected chi connectivity index (χ2v) is 4.71. The van der Waals surface area contributed by atoms with Crippen molar-refractivity contribution in [2.75, 3.05) is 0 Å². The van der Waals surface area contributed by atoms with Crippen LogP contribution in [0.25, 0.3) is 0 Å². The predicted octanol–water partition coefficient (Wildman–Crippen LogP) is 3.42. The molecule has 2 heteroatoms. The third-order valence-corrected chi connectivity index (χ3v) is 3.57. The fourth-order valence-electron chi connectivity index (χ4n) is 2.57. The zero-order valence-corrected chi connectivity index (χ0v) is 9.62. The first kappa shape index (κ1) is 10.7. The van der Waals surface area contributed by atoms with Crippen LogP contribution in [0, 0.1) is 5.92 Å². The fourth-order valence-corrected chi connectivity index (χ4v) is 2.93. The Morgan fingerprint density at radius 2 is 1.80 bits per heavy atom. The van der Waals surface area contributed by atoms with E-state index in [9.17, 15) is 4.79 Å². The van der Waals surface area contributed by atoms with Gasteiger partial charge in [0.25, 0.3) is 0 Å². The van der Waals surface area contributed by atoms with Gasteiger partial charge in [0.05, 0.1) is 5.92 Å². The highest BCUT2D eigenvalue weighted by molar-refractivity contribution is 7.96. The number of hydrogen-bond donors (Lipinski definition) is 1. The molecular formula is C13H16OS. The van der Waals surface area contributed by atoms with Crippen molar-refractivity contribution in [3.8, 4) is 0 Å². The van der Waals surface area contributed by atoms with Gasteiger partial charge in [0.2, 0.25) is 0 Å². The molecule has 0 N–H and O–H groups in total. The molecule has 1 unspecified atom stereocenters. The summed E-state index contributed by atoms with van der Waals surface area (Å²) in [5.41, 5.74) is 1.13. The molecule has 0 radical (unpaired) electrons. The van der Waals surface area contributed by atoms with Gasteiger partial charge in [-0.1, -0.05) is 43.2 Å². The van der Waals surface area contributed by atoms with Crippen LogP contribution < -0.4 is 0 Å². The smallest absolute Gasteiger partial charge is 0.193 e. The lowest BCUT2D eigenvalue weighted by molar-refractivity contribution is -0.113. The quantitative estimate of drug-likeness (QED) is 0.772. The zero-order chi connectivity index (χ0) is 10.7. The summed E-state index contributed by atoms with van der Waals surface area (Å²) in [6, 6.07) is 10.1. The van der Waals surface area contributed by atoms with Crippen molar-refractivity contribution in [2.24, 2.45) is 5.92 Å². The summed E-state index contributed by atoms with van der Waals surface area (Å²) in [7, 11) is 0. The minimum absolute atomic E-state index is 0.0111. The molecule has 1 aromatic rings. The molecule has 0 bridgehead atoms. The Hall–Kier alpha value is -0.760. The van der Waals surface area contributed by atoms with E-state index in [1.165, 1.54) is 25.7 Å². The van der Waals surface area contributed by atoms with Crippen LogP contribution >= 0.6 is 12.6 Å². The van der Waals surface area contributed by atoms with E-state index in [0.717, 1.165) is 5.56 Å². The third kappa shape index (κ3) is 2.43. The van der Waals surface area contributed by atoms with Gasteiger partial charge in [0.1, 0.15) is 0 Å². The third-order valence-electron chi connectivity index (χ3n) is 3.30. The lowest BCUT2D eigenvalue weighted by Gasteiger charge is -2.20. The van der Waals surface area contributed by atoms with E-state index in [1.807, 2.05) is 30.3 Å². The molecule has 0 aliphatic heterocycles. The van der Waals surface area contributed by atoms with Gasteiger partial charge in [-0.3, -0.25) is 4.79 Å². The summed E-state index contributed by atoms with van der Waals surface area (Å²) in [5, 5.41) is 0.0214. The van der Waals surface area contributed by atoms with E-state index in [0.29, 0.717) is 5.92 Å². The Balaban J connectivity index is 2.23. The van der Waals surface area contributed by atoms with Crippen molar-refractivity contribution < 1.29 is 4.79 Å². The van der Waals surface area contributed by atoms with Gasteiger partial charge in [-0.05, 0) is 24.3 Å². The van der Waals surface area contributed by atoms with Gasteiger partial charge in [-0.2, -0.15) is 0 Å². The molecule has 0 saturated heterocycles. The highest BCUT2D eigenvalue weighted by Crippen LogP contribution is 2.38. The van der Waals surface area contributed by atoms with E-state index in [2.05, 4.69) is 12.6 Å². The summed E-state index contributed by atoms with van der Waals surface area (Å²) in [5.74, 6) is 0.523. The number of hydrogen-bond acceptors (Lipinski definition) is 1. The molecule has 0 amide bonds. The molecule has 80 valence electrons. The van der Waals surface area contributed by atoms with Gasteiger partial charge >= 0.3 is 0 Å². The molecule has 1 saturated carbocycles. The maximum absolute atomic E-state index is 11.6. The number of carbonyl (C=O) groups excluding carboxylic acids is 1. The first-order valence-corrected chi connectivity index (χ1v) is 6.01. The van der Waals surface area contributed by atoms with Crippen molar-refractivity contribution in [3.63, 3.8) is 0 Å². The van der Waals surface area contributed by atoms with Gasteiger partial charge in [-0.25, -0.2) is 0 Å². The van der Waals surface area contributed by atoms with Crippen LogP contribution in [0.15, 0.2) is 30.3 Å². The van der Waals surface area contributed by atoms with E-state index in [-0.39, 0.29) is 11.0 Å². The molecule has 2 rings (SSSR count). The molecule has 1 fully saturated rings. The number of benzene rings is 1. The van der Waals surface area contributed by atoms with Gasteiger partial charge < -0.3 is 0 Å². The average molecular weight is 220 g/mol. The van der Waals surface area contributed by atoms with E-state index in [1.54, 1.807) is 0 Å². The van der Waals surface area contributed by atoms with Gasteiger partial charge in [-0.15, -0.1) is 12.6 Å². The maximum atomic E-state index is 11.6. The maximum Gasteiger partial charge on any atom is 0.193 e. The Morgan fingerprint density at radius 3 is 2.33 bits per heavy atom. The Morgan fingerprint density at radius 1 is 1.20 bits per heavy atom. The fraction of sp³-hybridized carbons (Fsp3) is 0.462. The standard InChI is InChI=1S/C13H16OS/c14-13(15)12(11-8-4-5-9-11)10-6-2-1-3-7-10/h1-3,6-7,11-12H,4-5,8-9H2,(H,14,15). The van der Waals surface area contributed by atoms with Crippen molar-refractivity contribution in [2.45, 2.75) is 31.6 Å². The predicted molar refractivity (Wildman–Crippen MR) is 65.1 cm³/mol. The van der Waals surface area contributed by atoms with E-state index >= 15 is 0 Å². The Labute approximate surface area is 96.3 Å². The minimum atomic E-state index is 0.0111. The SMILES string of the molecule is O=C(S)C(c1ccccc1)C1CCCC1. The van der Waals surface area contributed by atoms with E-state index < -0.39 is 0 Å². The summed E-state index contributed by atoms with van der Waals surface area (Å²) < 4.78 is 0. The molecule has 1 nitrogen and oxygen atoms in total. The highest BCUT2D eigenvalue weighted by atomic mass is 32.1. The molecule has 1 atom stereocenters. The summed E-state index contributed by atoms with van der Waals surface area (Å²) in [6.45, 7) is 0. The molecular weight excluding hydrogens is 204 g/mol. The molecule has 0 spiro atoms. The summed E-state index contributed by atoms with van der Waals surface area (Å²) in [4.78, 5) is 11.6. The topological polar surface area (TPSA) is 17.1 Å². The van der Waals surface area contributed by atoms with Crippen LogP contribution in [0.3, 0.4) is 0 Å². The second kappa shape index (κ2) is 4.84. The van der Waals surface area contributed by atoms with Crippen LogP contribution in [0.5, 0.6) is 0 Å². The van der Waals surface area contributed by atoms with E-state index in [4.69, 9.17) is 0 Å². The molecule has 1 aliphatic rings. The first-order valence-electron chi connectivity index (χ1n) is 5.57. The number of thiol groups is 1. The van der Waals surface area contributed by atoms with Crippen LogP contribution in [0.1, 0.15) is 37.2 Å². The summed E-state index contributed by atoms with van der Waals surface area (Å²) in [6.07, 6.45) is 4.86. The average Bonchev–Trinajstić information content (AvgIpc) is 2.72. The van der Waals surface area contributed by atoms with Crippen molar-refractivity contribution in [3.05, 3.63) is 35.9 Å². The molecule has 1 aromatic carbocycles. The molecule has 0 heterocycles. The first-order chi connectivity index (χ1) is 7.29. The molecule has 15 heavy (non-hydrogen) atoms. The van der Waals surface area contributed by atoms with Gasteiger partial charge in [0, 0.05) is 0 Å². The summed E-state index contributed by atoms with van der Waals surface area (Å²) >= 11 is 4.04. The number of carbonyl (C=O) groups is 1. The lowest BCUT2D eigenvalue weighted by Crippen LogP contribution is -2.16. The van der Waals surface area contributed by atoms with Crippen LogP contribution in [-0.4, -0.2) is 5.12 Å². The largest absolute Gasteiger partial charge is 0.287 e. The Kier molecular flexibility index (Phi) is 3.47. The minimum Gasteiger partial charge on any atom is -0.287 e. The van der Waals surface area contributed by atoms with Crippen molar-refractivity contribution >= 4 is 17.7 Å². The molecule has 1 aliphatic carbocycles. The lowest BCUT2D eigenvalue weighted by atomic mass is 9.86. The van der Waals surface area contributed by atoms with Crippen LogP contribution in [0.4, 0.5) is 0 Å². The van der Waals surface area contributed by atoms with Crippen LogP contribution in [-0.2, 0) is 4.79 Å². The van der Waals surface area contributed by atoms with Crippen molar-refractivity contribution in [1.82, 2.24) is 0 Å². The monoisotopic (exact) mass is 220 g/mol. The molecule has 0 aromatic heterocycles. The normalized spacial score (nSPS) is 19.0. The van der Waals surface area contributed by atoms with Crippen molar-refractivity contribution in [1.29, 1.82) is 0 Å². The second-order valence-electron chi connectivity index (χ2n) is 4.27.